The highest BCUT2D eigenvalue weighted by molar-refractivity contribution is 5.47. The molecule has 0 bridgehead atoms. The molecule has 29 heavy (non-hydrogen) atoms. The summed E-state index contributed by atoms with van der Waals surface area (Å²) >= 11 is 0. The van der Waals surface area contributed by atoms with Crippen molar-refractivity contribution in [1.29, 1.82) is 0 Å². The molecule has 0 saturated carbocycles. The van der Waals surface area contributed by atoms with Crippen LogP contribution in [0.5, 0.6) is 0 Å². The third-order valence-electron chi connectivity index (χ3n) is 6.05. The van der Waals surface area contributed by atoms with E-state index >= 15 is 0 Å². The Balaban J connectivity index is 1.59. The zero-order valence-electron chi connectivity index (χ0n) is 17.0. The van der Waals surface area contributed by atoms with Gasteiger partial charge in [0.15, 0.2) is 0 Å². The van der Waals surface area contributed by atoms with E-state index in [1.165, 1.54) is 0 Å². The van der Waals surface area contributed by atoms with E-state index in [-0.39, 0.29) is 6.61 Å². The number of aromatic nitrogens is 2. The van der Waals surface area contributed by atoms with E-state index in [1.54, 1.807) is 0 Å². The zero-order chi connectivity index (χ0) is 20.3. The fraction of sp³-hybridized carbons (Fsp3) is 0.545. The first-order chi connectivity index (χ1) is 14.1. The molecular weight excluding hydrogens is 368 g/mol. The maximum atomic E-state index is 10.8. The Hall–Kier alpha value is -2.22. The van der Waals surface area contributed by atoms with Crippen LogP contribution < -0.4 is 9.80 Å². The van der Waals surface area contributed by atoms with Gasteiger partial charge in [0, 0.05) is 43.4 Å². The molecule has 3 heterocycles. The fourth-order valence-corrected chi connectivity index (χ4v) is 4.34. The maximum Gasteiger partial charge on any atom is 0.227 e. The SMILES string of the molecule is Cc1cc(N2CC[C@H](O)[C@](CO)(Cc3ccccc3)C2)nc(N2CCOCC2)n1. The molecule has 7 heteroatoms. The van der Waals surface area contributed by atoms with E-state index < -0.39 is 11.5 Å². The second-order valence-electron chi connectivity index (χ2n) is 8.18. The molecule has 2 aromatic rings. The predicted molar refractivity (Wildman–Crippen MR) is 112 cm³/mol. The molecule has 0 aliphatic carbocycles. The van der Waals surface area contributed by atoms with Gasteiger partial charge in [0.1, 0.15) is 5.82 Å². The Kier molecular flexibility index (Phi) is 5.99. The van der Waals surface area contributed by atoms with Crippen molar-refractivity contribution in [3.05, 3.63) is 47.7 Å². The van der Waals surface area contributed by atoms with Crippen LogP contribution in [0.4, 0.5) is 11.8 Å². The molecule has 2 N–H and O–H groups in total. The van der Waals surface area contributed by atoms with Crippen molar-refractivity contribution in [2.75, 3.05) is 55.8 Å². The number of aryl methyl sites for hydroxylation is 1. The summed E-state index contributed by atoms with van der Waals surface area (Å²) in [4.78, 5) is 13.8. The van der Waals surface area contributed by atoms with Gasteiger partial charge in [-0.05, 0) is 25.3 Å². The maximum absolute atomic E-state index is 10.8. The number of aliphatic hydroxyl groups is 2. The van der Waals surface area contributed by atoms with Crippen molar-refractivity contribution >= 4 is 11.8 Å². The lowest BCUT2D eigenvalue weighted by molar-refractivity contribution is -0.0292. The molecule has 0 unspecified atom stereocenters. The Bertz CT molecular complexity index is 813. The number of hydrogen-bond acceptors (Lipinski definition) is 7. The summed E-state index contributed by atoms with van der Waals surface area (Å²) in [5.41, 5.74) is 1.42. The molecule has 2 atom stereocenters. The van der Waals surface area contributed by atoms with E-state index in [4.69, 9.17) is 9.72 Å². The highest BCUT2D eigenvalue weighted by Crippen LogP contribution is 2.36. The predicted octanol–water partition coefficient (Wildman–Crippen LogP) is 1.41. The van der Waals surface area contributed by atoms with Crippen LogP contribution in [0.3, 0.4) is 0 Å². The van der Waals surface area contributed by atoms with Crippen LogP contribution in [0.2, 0.25) is 0 Å². The van der Waals surface area contributed by atoms with Crippen LogP contribution in [-0.4, -0.2) is 72.3 Å². The summed E-state index contributed by atoms with van der Waals surface area (Å²) in [6, 6.07) is 12.1. The fourth-order valence-electron chi connectivity index (χ4n) is 4.34. The van der Waals surface area contributed by atoms with Crippen LogP contribution >= 0.6 is 0 Å². The first-order valence-corrected chi connectivity index (χ1v) is 10.4. The summed E-state index contributed by atoms with van der Waals surface area (Å²) in [5, 5.41) is 21.1. The van der Waals surface area contributed by atoms with Crippen LogP contribution in [0.25, 0.3) is 0 Å². The van der Waals surface area contributed by atoms with Crippen molar-refractivity contribution in [2.24, 2.45) is 5.41 Å². The average molecular weight is 399 g/mol. The molecule has 0 spiro atoms. The molecular formula is C22H30N4O3. The summed E-state index contributed by atoms with van der Waals surface area (Å²) in [6.45, 7) is 6.12. The van der Waals surface area contributed by atoms with Crippen LogP contribution in [0.1, 0.15) is 17.7 Å². The summed E-state index contributed by atoms with van der Waals surface area (Å²) in [5.74, 6) is 1.59. The molecule has 2 aliphatic rings. The molecule has 0 radical (unpaired) electrons. The minimum atomic E-state index is -0.614. The number of benzene rings is 1. The second kappa shape index (κ2) is 8.65. The van der Waals surface area contributed by atoms with Gasteiger partial charge in [-0.3, -0.25) is 0 Å². The molecule has 7 nitrogen and oxygen atoms in total. The molecule has 2 saturated heterocycles. The molecule has 1 aromatic heterocycles. The normalized spacial score (nSPS) is 25.3. The van der Waals surface area contributed by atoms with Gasteiger partial charge in [0.2, 0.25) is 5.95 Å². The van der Waals surface area contributed by atoms with Crippen LogP contribution in [0.15, 0.2) is 36.4 Å². The minimum Gasteiger partial charge on any atom is -0.396 e. The number of aliphatic hydroxyl groups excluding tert-OH is 2. The Morgan fingerprint density at radius 3 is 2.59 bits per heavy atom. The van der Waals surface area contributed by atoms with Crippen molar-refractivity contribution in [3.8, 4) is 0 Å². The third kappa shape index (κ3) is 4.37. The highest BCUT2D eigenvalue weighted by atomic mass is 16.5. The molecule has 4 rings (SSSR count). The van der Waals surface area contributed by atoms with Crippen molar-refractivity contribution in [1.82, 2.24) is 9.97 Å². The number of morpholine rings is 1. The van der Waals surface area contributed by atoms with Crippen LogP contribution in [0, 0.1) is 12.3 Å². The number of piperidine rings is 1. The molecule has 156 valence electrons. The van der Waals surface area contributed by atoms with Crippen LogP contribution in [-0.2, 0) is 11.2 Å². The Labute approximate surface area is 172 Å². The van der Waals surface area contributed by atoms with Gasteiger partial charge < -0.3 is 24.7 Å². The van der Waals surface area contributed by atoms with E-state index in [1.807, 2.05) is 31.2 Å². The lowest BCUT2D eigenvalue weighted by atomic mass is 9.73. The largest absolute Gasteiger partial charge is 0.396 e. The summed E-state index contributed by atoms with van der Waals surface area (Å²) < 4.78 is 5.45. The van der Waals surface area contributed by atoms with Crippen molar-refractivity contribution < 1.29 is 14.9 Å². The van der Waals surface area contributed by atoms with Gasteiger partial charge in [-0.15, -0.1) is 0 Å². The first kappa shape index (κ1) is 20.1. The van der Waals surface area contributed by atoms with E-state index in [0.29, 0.717) is 39.1 Å². The Morgan fingerprint density at radius 2 is 1.86 bits per heavy atom. The second-order valence-corrected chi connectivity index (χ2v) is 8.18. The number of anilines is 2. The molecule has 2 fully saturated rings. The van der Waals surface area contributed by atoms with Gasteiger partial charge in [0.25, 0.3) is 0 Å². The lowest BCUT2D eigenvalue weighted by Crippen LogP contribution is -2.55. The monoisotopic (exact) mass is 398 g/mol. The highest BCUT2D eigenvalue weighted by Gasteiger charge is 2.43. The lowest BCUT2D eigenvalue weighted by Gasteiger charge is -2.46. The molecule has 0 amide bonds. The van der Waals surface area contributed by atoms with Crippen molar-refractivity contribution in [3.63, 3.8) is 0 Å². The zero-order valence-corrected chi connectivity index (χ0v) is 17.0. The number of nitrogens with zero attached hydrogens (tertiary/aromatic N) is 4. The summed E-state index contributed by atoms with van der Waals surface area (Å²) in [7, 11) is 0. The molecule has 1 aromatic carbocycles. The van der Waals surface area contributed by atoms with Crippen molar-refractivity contribution in [2.45, 2.75) is 25.9 Å². The topological polar surface area (TPSA) is 82.0 Å². The van der Waals surface area contributed by atoms with Gasteiger partial charge in [0.05, 0.1) is 25.9 Å². The molecule has 2 aliphatic heterocycles. The quantitative estimate of drug-likeness (QED) is 0.788. The number of ether oxygens (including phenoxy) is 1. The summed E-state index contributed by atoms with van der Waals surface area (Å²) in [6.07, 6.45) is 0.678. The minimum absolute atomic E-state index is 0.0695. The third-order valence-corrected chi connectivity index (χ3v) is 6.05. The Morgan fingerprint density at radius 1 is 1.10 bits per heavy atom. The van der Waals surface area contributed by atoms with Gasteiger partial charge in [-0.25, -0.2) is 4.98 Å². The van der Waals surface area contributed by atoms with E-state index in [9.17, 15) is 10.2 Å². The smallest absolute Gasteiger partial charge is 0.227 e. The van der Waals surface area contributed by atoms with Gasteiger partial charge in [-0.2, -0.15) is 4.98 Å². The van der Waals surface area contributed by atoms with E-state index in [2.05, 4.69) is 26.9 Å². The number of hydrogen-bond donors (Lipinski definition) is 2. The van der Waals surface area contributed by atoms with Gasteiger partial charge >= 0.3 is 0 Å². The van der Waals surface area contributed by atoms with E-state index in [0.717, 1.165) is 36.1 Å². The first-order valence-electron chi connectivity index (χ1n) is 10.4. The number of rotatable bonds is 5. The van der Waals surface area contributed by atoms with Gasteiger partial charge in [-0.1, -0.05) is 30.3 Å². The average Bonchev–Trinajstić information content (AvgIpc) is 2.76. The standard InChI is InChI=1S/C22H30N4O3/c1-17-13-20(24-21(23-17)25-9-11-29-12-10-25)26-8-7-19(28)22(15-26,16-27)14-18-5-3-2-4-6-18/h2-6,13,19,27-28H,7-12,14-16H2,1H3/t19-,22+/m0/s1.